The van der Waals surface area contributed by atoms with Crippen LogP contribution in [0.3, 0.4) is 0 Å². The van der Waals surface area contributed by atoms with E-state index in [2.05, 4.69) is 29.6 Å². The highest BCUT2D eigenvalue weighted by atomic mass is 16.5. The van der Waals surface area contributed by atoms with E-state index in [1.165, 1.54) is 11.1 Å². The van der Waals surface area contributed by atoms with Crippen molar-refractivity contribution in [2.24, 2.45) is 0 Å². The number of hydrogen-bond donors (Lipinski definition) is 4. The third kappa shape index (κ3) is 5.30. The molecule has 0 radical (unpaired) electrons. The maximum Gasteiger partial charge on any atom is 0.407 e. The number of aliphatic hydroxyl groups is 3. The number of alkyl carbamates (subject to hydrolysis) is 1. The molecular formula is C28H31NO5. The third-order valence-corrected chi connectivity index (χ3v) is 6.40. The van der Waals surface area contributed by atoms with Gasteiger partial charge in [-0.1, -0.05) is 72.8 Å². The van der Waals surface area contributed by atoms with Crippen LogP contribution in [0.5, 0.6) is 0 Å². The Morgan fingerprint density at radius 3 is 2.21 bits per heavy atom. The summed E-state index contributed by atoms with van der Waals surface area (Å²) in [5.74, 6) is -0.0130. The van der Waals surface area contributed by atoms with E-state index >= 15 is 0 Å². The summed E-state index contributed by atoms with van der Waals surface area (Å²) in [6.45, 7) is 0.466. The molecule has 1 aliphatic rings. The number of aryl methyl sites for hydroxylation is 1. The number of carbonyl (C=O) groups excluding carboxylic acids is 1. The maximum atomic E-state index is 12.3. The van der Waals surface area contributed by atoms with Gasteiger partial charge in [0.05, 0.1) is 6.10 Å². The van der Waals surface area contributed by atoms with Crippen LogP contribution in [0.25, 0.3) is 11.1 Å². The zero-order valence-electron chi connectivity index (χ0n) is 19.1. The minimum absolute atomic E-state index is 0.0130. The Hall–Kier alpha value is -3.19. The fourth-order valence-electron chi connectivity index (χ4n) is 4.66. The van der Waals surface area contributed by atoms with Crippen LogP contribution in [-0.2, 0) is 11.2 Å². The molecule has 0 heterocycles. The van der Waals surface area contributed by atoms with Gasteiger partial charge in [-0.25, -0.2) is 4.79 Å². The second-order valence-electron chi connectivity index (χ2n) is 8.58. The lowest BCUT2D eigenvalue weighted by Gasteiger charge is -2.21. The molecule has 2 atom stereocenters. The van der Waals surface area contributed by atoms with Gasteiger partial charge in [-0.05, 0) is 52.6 Å². The number of nitrogens with one attached hydrogen (secondary N) is 1. The first-order chi connectivity index (χ1) is 16.6. The van der Waals surface area contributed by atoms with E-state index in [1.54, 1.807) is 6.07 Å². The number of ether oxygens (including phenoxy) is 1. The van der Waals surface area contributed by atoms with Crippen molar-refractivity contribution >= 4 is 6.09 Å². The van der Waals surface area contributed by atoms with E-state index in [1.807, 2.05) is 42.5 Å². The fourth-order valence-corrected chi connectivity index (χ4v) is 4.66. The molecule has 34 heavy (non-hydrogen) atoms. The van der Waals surface area contributed by atoms with Crippen LogP contribution in [0.1, 0.15) is 47.1 Å². The zero-order valence-corrected chi connectivity index (χ0v) is 19.1. The van der Waals surface area contributed by atoms with E-state index in [-0.39, 0.29) is 32.1 Å². The normalized spacial score (nSPS) is 14.2. The summed E-state index contributed by atoms with van der Waals surface area (Å²) in [7, 11) is 0. The molecule has 1 aliphatic carbocycles. The van der Waals surface area contributed by atoms with Crippen molar-refractivity contribution in [3.63, 3.8) is 0 Å². The summed E-state index contributed by atoms with van der Waals surface area (Å²) in [6, 6.07) is 23.7. The van der Waals surface area contributed by atoms with Gasteiger partial charge in [0.25, 0.3) is 0 Å². The Bertz CT molecular complexity index is 1070. The summed E-state index contributed by atoms with van der Waals surface area (Å²) in [5, 5.41) is 32.8. The highest BCUT2D eigenvalue weighted by Gasteiger charge is 2.29. The second kappa shape index (κ2) is 11.3. The third-order valence-electron chi connectivity index (χ3n) is 6.40. The Labute approximate surface area is 199 Å². The summed E-state index contributed by atoms with van der Waals surface area (Å²) < 4.78 is 5.51. The minimum Gasteiger partial charge on any atom is -0.449 e. The number of aliphatic hydroxyl groups excluding tert-OH is 3. The highest BCUT2D eigenvalue weighted by molar-refractivity contribution is 5.79. The monoisotopic (exact) mass is 461 g/mol. The van der Waals surface area contributed by atoms with Crippen molar-refractivity contribution in [3.8, 4) is 11.1 Å². The first-order valence-corrected chi connectivity index (χ1v) is 11.7. The number of hydrogen-bond acceptors (Lipinski definition) is 5. The van der Waals surface area contributed by atoms with Crippen molar-refractivity contribution < 1.29 is 24.9 Å². The average molecular weight is 462 g/mol. The summed E-state index contributed by atoms with van der Waals surface area (Å²) in [5.41, 5.74) is 6.17. The fraction of sp³-hybridized carbons (Fsp3) is 0.321. The van der Waals surface area contributed by atoms with Crippen LogP contribution in [0, 0.1) is 0 Å². The molecule has 0 spiro atoms. The molecule has 4 N–H and O–H groups in total. The number of benzene rings is 3. The van der Waals surface area contributed by atoms with Crippen LogP contribution in [-0.4, -0.2) is 47.3 Å². The molecule has 6 nitrogen and oxygen atoms in total. The molecule has 2 unspecified atom stereocenters. The van der Waals surface area contributed by atoms with E-state index in [9.17, 15) is 15.0 Å². The Balaban J connectivity index is 1.28. The predicted molar refractivity (Wildman–Crippen MR) is 131 cm³/mol. The summed E-state index contributed by atoms with van der Waals surface area (Å²) >= 11 is 0. The van der Waals surface area contributed by atoms with Gasteiger partial charge in [0.1, 0.15) is 12.7 Å². The lowest BCUT2D eigenvalue weighted by Crippen LogP contribution is -2.31. The van der Waals surface area contributed by atoms with Gasteiger partial charge in [-0.2, -0.15) is 0 Å². The van der Waals surface area contributed by atoms with Crippen LogP contribution >= 0.6 is 0 Å². The van der Waals surface area contributed by atoms with E-state index < -0.39 is 18.3 Å². The van der Waals surface area contributed by atoms with Gasteiger partial charge in [0.2, 0.25) is 0 Å². The number of fused-ring (bicyclic) bond motifs is 3. The van der Waals surface area contributed by atoms with E-state index in [4.69, 9.17) is 9.84 Å². The first-order valence-electron chi connectivity index (χ1n) is 11.7. The van der Waals surface area contributed by atoms with Crippen LogP contribution in [0.15, 0.2) is 72.8 Å². The lowest BCUT2D eigenvalue weighted by atomic mass is 9.95. The van der Waals surface area contributed by atoms with Crippen molar-refractivity contribution in [2.75, 3.05) is 19.8 Å². The summed E-state index contributed by atoms with van der Waals surface area (Å²) in [6.07, 6.45) is -1.27. The first kappa shape index (κ1) is 24.0. The Morgan fingerprint density at radius 1 is 0.912 bits per heavy atom. The van der Waals surface area contributed by atoms with Gasteiger partial charge in [0, 0.05) is 19.1 Å². The van der Waals surface area contributed by atoms with Gasteiger partial charge in [-0.15, -0.1) is 0 Å². The number of rotatable bonds is 10. The molecule has 0 saturated heterocycles. The molecule has 6 heteroatoms. The molecule has 178 valence electrons. The maximum absolute atomic E-state index is 12.3. The molecular weight excluding hydrogens is 430 g/mol. The molecule has 3 aromatic rings. The largest absolute Gasteiger partial charge is 0.449 e. The Kier molecular flexibility index (Phi) is 7.95. The van der Waals surface area contributed by atoms with Crippen LogP contribution < -0.4 is 5.32 Å². The van der Waals surface area contributed by atoms with Crippen molar-refractivity contribution in [1.29, 1.82) is 0 Å². The van der Waals surface area contributed by atoms with Crippen molar-refractivity contribution in [1.82, 2.24) is 5.32 Å². The van der Waals surface area contributed by atoms with Crippen LogP contribution in [0.2, 0.25) is 0 Å². The molecule has 3 aromatic carbocycles. The number of amides is 1. The molecule has 0 fully saturated rings. The van der Waals surface area contributed by atoms with Crippen molar-refractivity contribution in [3.05, 3.63) is 95.1 Å². The predicted octanol–water partition coefficient (Wildman–Crippen LogP) is 3.93. The van der Waals surface area contributed by atoms with Gasteiger partial charge in [0.15, 0.2) is 0 Å². The molecule has 0 aliphatic heterocycles. The molecule has 0 bridgehead atoms. The summed E-state index contributed by atoms with van der Waals surface area (Å²) in [4.78, 5) is 12.3. The molecule has 1 amide bonds. The SMILES string of the molecule is O=C(NCCC(O)C(O)c1ccccc1CCCO)OCC1c2ccccc2-c2ccccc21. The van der Waals surface area contributed by atoms with Crippen LogP contribution in [0.4, 0.5) is 4.79 Å². The van der Waals surface area contributed by atoms with Gasteiger partial charge in [-0.3, -0.25) is 0 Å². The quantitative estimate of drug-likeness (QED) is 0.367. The standard InChI is InChI=1S/C28H31NO5/c30-17-7-9-19-8-1-2-10-20(19)27(32)26(31)15-16-29-28(33)34-18-25-23-13-5-3-11-21(23)22-12-4-6-14-24(22)25/h1-6,8,10-14,25-27,30-32H,7,9,15-18H2,(H,29,33). The average Bonchev–Trinajstić information content (AvgIpc) is 3.19. The molecule has 0 saturated carbocycles. The molecule has 4 rings (SSSR count). The lowest BCUT2D eigenvalue weighted by molar-refractivity contribution is 0.0131. The smallest absolute Gasteiger partial charge is 0.407 e. The van der Waals surface area contributed by atoms with Gasteiger partial charge >= 0.3 is 6.09 Å². The van der Waals surface area contributed by atoms with Crippen molar-refractivity contribution in [2.45, 2.75) is 37.4 Å². The Morgan fingerprint density at radius 2 is 1.53 bits per heavy atom. The number of carbonyl (C=O) groups is 1. The van der Waals surface area contributed by atoms with Gasteiger partial charge < -0.3 is 25.4 Å². The topological polar surface area (TPSA) is 99.0 Å². The molecule has 0 aromatic heterocycles. The van der Waals surface area contributed by atoms with E-state index in [0.29, 0.717) is 18.4 Å². The highest BCUT2D eigenvalue weighted by Crippen LogP contribution is 2.44. The zero-order chi connectivity index (χ0) is 23.9. The minimum atomic E-state index is -1.07. The van der Waals surface area contributed by atoms with E-state index in [0.717, 1.165) is 16.7 Å². The second-order valence-corrected chi connectivity index (χ2v) is 8.58.